The zero-order chi connectivity index (χ0) is 13.5. The van der Waals surface area contributed by atoms with Gasteiger partial charge in [-0.15, -0.1) is 0 Å². The fraction of sp³-hybridized carbons (Fsp3) is 0.333. The van der Waals surface area contributed by atoms with E-state index in [2.05, 4.69) is 0 Å². The Morgan fingerprint density at radius 3 is 1.41 bits per heavy atom. The highest BCUT2D eigenvalue weighted by Crippen LogP contribution is 2.14. The Morgan fingerprint density at radius 2 is 1.18 bits per heavy atom. The van der Waals surface area contributed by atoms with Gasteiger partial charge in [-0.3, -0.25) is 0 Å². The van der Waals surface area contributed by atoms with Gasteiger partial charge < -0.3 is 10.0 Å². The minimum Gasteiger partial charge on any atom is -0.889 e. The molecule has 0 bridgehead atoms. The summed E-state index contributed by atoms with van der Waals surface area (Å²) in [6.07, 6.45) is 0. The molecule has 1 aromatic rings. The predicted octanol–water partition coefficient (Wildman–Crippen LogP) is -0.796. The third-order valence-electron chi connectivity index (χ3n) is 2.28. The van der Waals surface area contributed by atoms with Crippen LogP contribution in [0.3, 0.4) is 0 Å². The third-order valence-corrected chi connectivity index (χ3v) is 4.22. The molecule has 17 heavy (non-hydrogen) atoms. The van der Waals surface area contributed by atoms with Gasteiger partial charge in [0.15, 0.2) is 23.3 Å². The van der Waals surface area contributed by atoms with Gasteiger partial charge >= 0.3 is 0 Å². The summed E-state index contributed by atoms with van der Waals surface area (Å²) in [4.78, 5) is 0. The van der Waals surface area contributed by atoms with Gasteiger partial charge in [-0.1, -0.05) is 26.8 Å². The average molecular weight is 264 g/mol. The van der Waals surface area contributed by atoms with Crippen molar-refractivity contribution in [2.45, 2.75) is 19.6 Å². The van der Waals surface area contributed by atoms with Gasteiger partial charge in [0, 0.05) is 5.19 Å². The van der Waals surface area contributed by atoms with Crippen LogP contribution in [0.1, 0.15) is 0 Å². The lowest BCUT2D eigenvalue weighted by molar-refractivity contribution is -0.341. The van der Waals surface area contributed by atoms with E-state index < -0.39 is 49.1 Å². The highest BCUT2D eigenvalue weighted by Gasteiger charge is 2.31. The molecule has 0 saturated heterocycles. The zero-order valence-corrected chi connectivity index (χ0v) is 10.4. The molecule has 0 amide bonds. The number of rotatable bonds is 2. The van der Waals surface area contributed by atoms with Crippen molar-refractivity contribution >= 4 is 25.8 Å². The molecule has 0 aliphatic carbocycles. The topological polar surface area (TPSA) is 46.1 Å². The van der Waals surface area contributed by atoms with Gasteiger partial charge in [0.05, 0.1) is 8.07 Å². The number of hydrogen-bond acceptors (Lipinski definition) is 2. The molecule has 2 nitrogen and oxygen atoms in total. The lowest BCUT2D eigenvalue weighted by Crippen LogP contribution is -2.60. The van der Waals surface area contributed by atoms with Crippen LogP contribution in [0.4, 0.5) is 17.6 Å². The van der Waals surface area contributed by atoms with Gasteiger partial charge in [0.1, 0.15) is 0 Å². The van der Waals surface area contributed by atoms with Crippen molar-refractivity contribution in [1.29, 1.82) is 0 Å². The Morgan fingerprint density at radius 1 is 0.824 bits per heavy atom. The Bertz CT molecular complexity index is 430. The van der Waals surface area contributed by atoms with Crippen molar-refractivity contribution in [2.24, 2.45) is 0 Å². The maximum Gasteiger partial charge on any atom is 0.160 e. The van der Waals surface area contributed by atoms with Crippen molar-refractivity contribution in [3.63, 3.8) is 0 Å². The minimum atomic E-state index is -3.10. The van der Waals surface area contributed by atoms with Crippen molar-refractivity contribution in [3.8, 4) is 0 Å². The molecule has 0 fully saturated rings. The van der Waals surface area contributed by atoms with Crippen molar-refractivity contribution < 1.29 is 27.6 Å². The second-order valence-corrected chi connectivity index (χ2v) is 9.63. The lowest BCUT2D eigenvalue weighted by Gasteiger charge is -2.30. The molecule has 0 unspecified atom stereocenters. The number of hydrogen-bond donors (Lipinski definition) is 0. The molecular weight excluding hydrogens is 255 g/mol. The van der Waals surface area contributed by atoms with Crippen LogP contribution in [-0.4, -0.2) is 15.2 Å². The van der Waals surface area contributed by atoms with Crippen molar-refractivity contribution in [3.05, 3.63) is 23.3 Å². The van der Waals surface area contributed by atoms with E-state index in [1.165, 1.54) is 19.6 Å². The van der Waals surface area contributed by atoms with E-state index >= 15 is 0 Å². The molecular formula is C9H9BF4O2Si-2. The molecule has 0 atom stereocenters. The van der Waals surface area contributed by atoms with Crippen LogP contribution in [0.25, 0.3) is 0 Å². The van der Waals surface area contributed by atoms with E-state index in [-0.39, 0.29) is 0 Å². The van der Waals surface area contributed by atoms with Crippen LogP contribution in [0, 0.1) is 23.3 Å². The summed E-state index contributed by atoms with van der Waals surface area (Å²) in [6, 6.07) is 0. The summed E-state index contributed by atoms with van der Waals surface area (Å²) >= 11 is 0. The third kappa shape index (κ3) is 2.38. The fourth-order valence-electron chi connectivity index (χ4n) is 1.51. The molecule has 0 aromatic heterocycles. The molecule has 0 radical (unpaired) electrons. The van der Waals surface area contributed by atoms with Crippen LogP contribution in [0.15, 0.2) is 0 Å². The first-order valence-electron chi connectivity index (χ1n) is 4.77. The first kappa shape index (κ1) is 14.2. The smallest absolute Gasteiger partial charge is 0.160 e. The monoisotopic (exact) mass is 264 g/mol. The summed E-state index contributed by atoms with van der Waals surface area (Å²) in [6.45, 7) is 4.46. The first-order valence-corrected chi connectivity index (χ1v) is 8.27. The Kier molecular flexibility index (Phi) is 3.70. The summed E-state index contributed by atoms with van der Waals surface area (Å²) in [5.74, 6) is -7.02. The molecule has 8 heteroatoms. The van der Waals surface area contributed by atoms with Gasteiger partial charge in [-0.2, -0.15) is 0 Å². The molecule has 94 valence electrons. The summed E-state index contributed by atoms with van der Waals surface area (Å²) in [5.41, 5.74) is -1.62. The summed E-state index contributed by atoms with van der Waals surface area (Å²) in [7, 11) is -5.78. The van der Waals surface area contributed by atoms with Gasteiger partial charge in [0.25, 0.3) is 0 Å². The first-order chi connectivity index (χ1) is 7.59. The minimum absolute atomic E-state index is 0.683. The maximum atomic E-state index is 13.5. The normalized spacial score (nSPS) is 11.8. The Hall–Kier alpha value is -0.858. The SMILES string of the molecule is C[Si](C)(C)c1c(F)c(F)c(B([O-])[O-])c(F)c1F. The molecule has 1 rings (SSSR count). The van der Waals surface area contributed by atoms with E-state index in [1.807, 2.05) is 0 Å². The molecule has 0 aliphatic heterocycles. The second-order valence-electron chi connectivity index (χ2n) is 4.63. The van der Waals surface area contributed by atoms with E-state index in [0.29, 0.717) is 0 Å². The Labute approximate surface area is 97.1 Å². The highest BCUT2D eigenvalue weighted by atomic mass is 28.3. The van der Waals surface area contributed by atoms with Crippen LogP contribution in [0.5, 0.6) is 0 Å². The Balaban J connectivity index is 3.71. The van der Waals surface area contributed by atoms with Crippen LogP contribution in [-0.2, 0) is 0 Å². The van der Waals surface area contributed by atoms with E-state index in [0.717, 1.165) is 0 Å². The van der Waals surface area contributed by atoms with E-state index in [9.17, 15) is 27.6 Å². The number of halogens is 4. The standard InChI is InChI=1S/C9H9BF4O2Si/c1-17(2,3)9-7(13)5(11)4(10(15)16)6(12)8(9)14/h1-3H3/q-2. The quantitative estimate of drug-likeness (QED) is 0.399. The average Bonchev–Trinajstić information content (AvgIpc) is 2.12. The zero-order valence-electron chi connectivity index (χ0n) is 9.41. The van der Waals surface area contributed by atoms with Crippen LogP contribution in [0.2, 0.25) is 19.6 Å². The number of benzene rings is 1. The predicted molar refractivity (Wildman–Crippen MR) is 54.6 cm³/mol. The fourth-order valence-corrected chi connectivity index (χ4v) is 3.05. The molecule has 1 aromatic carbocycles. The second kappa shape index (κ2) is 4.43. The highest BCUT2D eigenvalue weighted by molar-refractivity contribution is 6.88. The van der Waals surface area contributed by atoms with Crippen molar-refractivity contribution in [1.82, 2.24) is 0 Å². The molecule has 0 heterocycles. The summed E-state index contributed by atoms with van der Waals surface area (Å²) < 4.78 is 53.7. The van der Waals surface area contributed by atoms with Crippen LogP contribution >= 0.6 is 0 Å². The largest absolute Gasteiger partial charge is 0.889 e. The van der Waals surface area contributed by atoms with E-state index in [4.69, 9.17) is 0 Å². The molecule has 0 N–H and O–H groups in total. The van der Waals surface area contributed by atoms with E-state index in [1.54, 1.807) is 0 Å². The van der Waals surface area contributed by atoms with Gasteiger partial charge in [-0.05, 0) is 5.46 Å². The van der Waals surface area contributed by atoms with Gasteiger partial charge in [-0.25, -0.2) is 17.6 Å². The van der Waals surface area contributed by atoms with Gasteiger partial charge in [0.2, 0.25) is 0 Å². The van der Waals surface area contributed by atoms with Crippen LogP contribution < -0.4 is 20.7 Å². The molecule has 0 aliphatic rings. The van der Waals surface area contributed by atoms with Crippen molar-refractivity contribution in [2.75, 3.05) is 0 Å². The lowest BCUT2D eigenvalue weighted by atomic mass is 9.79. The molecule has 0 saturated carbocycles. The molecule has 0 spiro atoms. The maximum absolute atomic E-state index is 13.5. The summed E-state index contributed by atoms with van der Waals surface area (Å²) in [5, 5.41) is 20.3.